The summed E-state index contributed by atoms with van der Waals surface area (Å²) in [5.41, 5.74) is 3.59. The van der Waals surface area contributed by atoms with Gasteiger partial charge in [-0.1, -0.05) is 12.1 Å². The van der Waals surface area contributed by atoms with E-state index in [9.17, 15) is 0 Å². The smallest absolute Gasteiger partial charge is 0.423 e. The molecule has 0 aliphatic rings. The Balaban J connectivity index is 3.14. The molecule has 0 saturated heterocycles. The lowest BCUT2D eigenvalue weighted by Crippen LogP contribution is -2.33. The van der Waals surface area contributed by atoms with Crippen LogP contribution in [0.5, 0.6) is 0 Å². The highest BCUT2D eigenvalue weighted by Crippen LogP contribution is 2.13. The summed E-state index contributed by atoms with van der Waals surface area (Å²) in [6.45, 7) is 0. The first kappa shape index (κ1) is 9.78. The first-order chi connectivity index (χ1) is 5.66. The molecular formula is C6H8BIN2O2. The molecule has 0 aliphatic heterocycles. The molecule has 12 heavy (non-hydrogen) atoms. The van der Waals surface area contributed by atoms with Gasteiger partial charge in [0.1, 0.15) is 0 Å². The van der Waals surface area contributed by atoms with Gasteiger partial charge in [0.25, 0.3) is 0 Å². The lowest BCUT2D eigenvalue weighted by Gasteiger charge is -2.07. The van der Waals surface area contributed by atoms with E-state index in [4.69, 9.17) is 15.9 Å². The van der Waals surface area contributed by atoms with E-state index in [1.54, 1.807) is 18.2 Å². The van der Waals surface area contributed by atoms with Crippen molar-refractivity contribution in [2.75, 3.05) is 5.43 Å². The van der Waals surface area contributed by atoms with Crippen LogP contribution in [0.25, 0.3) is 0 Å². The lowest BCUT2D eigenvalue weighted by molar-refractivity contribution is 0.425. The van der Waals surface area contributed by atoms with Crippen molar-refractivity contribution in [1.82, 2.24) is 0 Å². The molecule has 0 heterocycles. The first-order valence-corrected chi connectivity index (χ1v) is 4.36. The maximum absolute atomic E-state index is 8.91. The minimum absolute atomic E-state index is 0.450. The van der Waals surface area contributed by atoms with E-state index < -0.39 is 7.12 Å². The number of hydrazine groups is 1. The maximum Gasteiger partial charge on any atom is 0.489 e. The number of nitrogens with two attached hydrogens (primary N) is 1. The summed E-state index contributed by atoms with van der Waals surface area (Å²) in [4.78, 5) is 0. The van der Waals surface area contributed by atoms with Crippen molar-refractivity contribution >= 4 is 40.9 Å². The Hall–Kier alpha value is -0.305. The molecule has 0 bridgehead atoms. The van der Waals surface area contributed by atoms with E-state index in [0.717, 1.165) is 0 Å². The van der Waals surface area contributed by atoms with Gasteiger partial charge in [-0.3, -0.25) is 5.84 Å². The molecule has 4 nitrogen and oxygen atoms in total. The monoisotopic (exact) mass is 278 g/mol. The van der Waals surface area contributed by atoms with E-state index in [0.29, 0.717) is 14.7 Å². The third-order valence-electron chi connectivity index (χ3n) is 1.46. The van der Waals surface area contributed by atoms with E-state index in [-0.39, 0.29) is 0 Å². The Morgan fingerprint density at radius 3 is 2.58 bits per heavy atom. The molecule has 1 aromatic rings. The van der Waals surface area contributed by atoms with Crippen LogP contribution in [0.3, 0.4) is 0 Å². The van der Waals surface area contributed by atoms with Gasteiger partial charge in [-0.05, 0) is 34.1 Å². The molecular weight excluding hydrogens is 270 g/mol. The van der Waals surface area contributed by atoms with Crippen LogP contribution in [0.15, 0.2) is 18.2 Å². The quantitative estimate of drug-likeness (QED) is 0.248. The number of hydrogen-bond donors (Lipinski definition) is 4. The van der Waals surface area contributed by atoms with Crippen LogP contribution < -0.4 is 16.7 Å². The molecule has 0 unspecified atom stereocenters. The van der Waals surface area contributed by atoms with Crippen LogP contribution in [0.1, 0.15) is 0 Å². The SMILES string of the molecule is NNc1cccc(B(O)O)c1I. The van der Waals surface area contributed by atoms with Crippen molar-refractivity contribution in [2.45, 2.75) is 0 Å². The number of halogens is 1. The second kappa shape index (κ2) is 4.08. The molecule has 0 radical (unpaired) electrons. The van der Waals surface area contributed by atoms with Gasteiger partial charge < -0.3 is 15.5 Å². The third-order valence-corrected chi connectivity index (χ3v) is 2.67. The Bertz CT molecular complexity index is 282. The van der Waals surface area contributed by atoms with Crippen molar-refractivity contribution in [3.05, 3.63) is 21.8 Å². The molecule has 0 saturated carbocycles. The average molecular weight is 278 g/mol. The number of benzene rings is 1. The second-order valence-electron chi connectivity index (χ2n) is 2.23. The molecule has 1 aromatic carbocycles. The molecule has 6 heteroatoms. The predicted octanol–water partition coefficient (Wildman–Crippen LogP) is -0.743. The average Bonchev–Trinajstić information content (AvgIpc) is 2.04. The van der Waals surface area contributed by atoms with Crippen LogP contribution in [-0.2, 0) is 0 Å². The molecule has 64 valence electrons. The zero-order valence-corrected chi connectivity index (χ0v) is 8.32. The Kier molecular flexibility index (Phi) is 3.33. The summed E-state index contributed by atoms with van der Waals surface area (Å²) in [7, 11) is -1.45. The largest absolute Gasteiger partial charge is 0.489 e. The summed E-state index contributed by atoms with van der Waals surface area (Å²) in [6, 6.07) is 5.09. The minimum Gasteiger partial charge on any atom is -0.423 e. The van der Waals surface area contributed by atoms with Gasteiger partial charge in [0.15, 0.2) is 0 Å². The fourth-order valence-electron chi connectivity index (χ4n) is 0.861. The van der Waals surface area contributed by atoms with E-state index in [2.05, 4.69) is 5.43 Å². The highest BCUT2D eigenvalue weighted by Gasteiger charge is 2.15. The second-order valence-corrected chi connectivity index (χ2v) is 3.31. The molecule has 0 spiro atoms. The Morgan fingerprint density at radius 1 is 1.42 bits per heavy atom. The lowest BCUT2D eigenvalue weighted by atomic mass is 9.80. The number of rotatable bonds is 2. The number of nitrogens with one attached hydrogen (secondary N) is 1. The van der Waals surface area contributed by atoms with Gasteiger partial charge in [-0.15, -0.1) is 0 Å². The molecule has 0 aromatic heterocycles. The third kappa shape index (κ3) is 1.89. The molecule has 0 fully saturated rings. The van der Waals surface area contributed by atoms with Gasteiger partial charge in [-0.25, -0.2) is 0 Å². The first-order valence-electron chi connectivity index (χ1n) is 3.28. The van der Waals surface area contributed by atoms with Gasteiger partial charge in [0, 0.05) is 3.57 Å². The van der Waals surface area contributed by atoms with E-state index in [1.165, 1.54) is 0 Å². The zero-order chi connectivity index (χ0) is 9.14. The molecule has 0 aliphatic carbocycles. The fourth-order valence-corrected chi connectivity index (χ4v) is 1.65. The minimum atomic E-state index is -1.45. The summed E-state index contributed by atoms with van der Waals surface area (Å²) in [5, 5.41) is 17.8. The van der Waals surface area contributed by atoms with Crippen molar-refractivity contribution in [3.63, 3.8) is 0 Å². The molecule has 5 N–H and O–H groups in total. The standard InChI is InChI=1S/C6H8BIN2O2/c8-6-4(7(11)12)2-1-3-5(6)10-9/h1-3,10-12H,9H2. The van der Waals surface area contributed by atoms with Crippen LogP contribution in [0, 0.1) is 3.57 Å². The van der Waals surface area contributed by atoms with Crippen molar-refractivity contribution in [2.24, 2.45) is 5.84 Å². The summed E-state index contributed by atoms with van der Waals surface area (Å²) in [5.74, 6) is 5.20. The Morgan fingerprint density at radius 2 is 2.08 bits per heavy atom. The van der Waals surface area contributed by atoms with Crippen LogP contribution >= 0.6 is 22.6 Å². The number of nitrogen functional groups attached to an aromatic ring is 1. The van der Waals surface area contributed by atoms with Crippen LogP contribution in [0.2, 0.25) is 0 Å². The highest BCUT2D eigenvalue weighted by atomic mass is 127. The number of hydrogen-bond acceptors (Lipinski definition) is 4. The van der Waals surface area contributed by atoms with Gasteiger partial charge in [-0.2, -0.15) is 0 Å². The molecule has 0 amide bonds. The molecule has 1 rings (SSSR count). The predicted molar refractivity (Wildman–Crippen MR) is 56.8 cm³/mol. The van der Waals surface area contributed by atoms with E-state index >= 15 is 0 Å². The highest BCUT2D eigenvalue weighted by molar-refractivity contribution is 14.1. The topological polar surface area (TPSA) is 78.5 Å². The molecule has 0 atom stereocenters. The maximum atomic E-state index is 8.91. The summed E-state index contributed by atoms with van der Waals surface area (Å²) in [6.07, 6.45) is 0. The van der Waals surface area contributed by atoms with Gasteiger partial charge in [0.05, 0.1) is 5.69 Å². The van der Waals surface area contributed by atoms with Crippen LogP contribution in [-0.4, -0.2) is 17.2 Å². The van der Waals surface area contributed by atoms with Gasteiger partial charge >= 0.3 is 7.12 Å². The summed E-state index contributed by atoms with van der Waals surface area (Å²) < 4.78 is 0.715. The van der Waals surface area contributed by atoms with E-state index in [1.807, 2.05) is 22.6 Å². The van der Waals surface area contributed by atoms with Crippen LogP contribution in [0.4, 0.5) is 5.69 Å². The Labute approximate surface area is 84.0 Å². The zero-order valence-electron chi connectivity index (χ0n) is 6.16. The van der Waals surface area contributed by atoms with Crippen molar-refractivity contribution in [1.29, 1.82) is 0 Å². The summed E-state index contributed by atoms with van der Waals surface area (Å²) >= 11 is 1.99. The fraction of sp³-hybridized carbons (Fsp3) is 0. The van der Waals surface area contributed by atoms with Crippen molar-refractivity contribution in [3.8, 4) is 0 Å². The van der Waals surface area contributed by atoms with Gasteiger partial charge in [0.2, 0.25) is 0 Å². The number of anilines is 1. The van der Waals surface area contributed by atoms with Crippen molar-refractivity contribution < 1.29 is 10.0 Å². The normalized spacial score (nSPS) is 9.67.